The minimum atomic E-state index is -2.75. The molecular formula is C44H39BF2N2. The van der Waals surface area contributed by atoms with E-state index in [0.29, 0.717) is 0 Å². The molecule has 0 fully saturated rings. The van der Waals surface area contributed by atoms with Gasteiger partial charge in [-0.3, -0.25) is 18.5 Å². The highest BCUT2D eigenvalue weighted by atomic mass is 19.2. The van der Waals surface area contributed by atoms with Crippen molar-refractivity contribution in [3.8, 4) is 44.5 Å². The first-order valence-corrected chi connectivity index (χ1v) is 16.6. The molecule has 5 aromatic carbocycles. The monoisotopic (exact) mass is 644 g/mol. The maximum absolute atomic E-state index is 13.1. The van der Waals surface area contributed by atoms with Gasteiger partial charge in [-0.25, -0.2) is 0 Å². The van der Waals surface area contributed by atoms with E-state index in [4.69, 9.17) is 4.99 Å². The van der Waals surface area contributed by atoms with Crippen molar-refractivity contribution in [2.75, 3.05) is 0 Å². The van der Waals surface area contributed by atoms with E-state index in [-0.39, 0.29) is 11.8 Å². The number of rotatable bonds is 9. The Balaban J connectivity index is 1.53. The van der Waals surface area contributed by atoms with E-state index in [2.05, 4.69) is 140 Å². The van der Waals surface area contributed by atoms with Crippen LogP contribution in [-0.2, 0) is 0 Å². The van der Waals surface area contributed by atoms with Crippen molar-refractivity contribution in [1.82, 2.24) is 0 Å². The lowest BCUT2D eigenvalue weighted by Gasteiger charge is -2.22. The van der Waals surface area contributed by atoms with E-state index in [1.165, 1.54) is 11.1 Å². The molecule has 0 spiro atoms. The molecule has 0 N–H and O–H groups in total. The van der Waals surface area contributed by atoms with Crippen LogP contribution >= 0.6 is 0 Å². The zero-order chi connectivity index (χ0) is 34.5. The minimum absolute atomic E-state index is 0.195. The Hall–Kier alpha value is -5.42. The number of hydrogen-bond acceptors (Lipinski definition) is 2. The molecule has 6 rings (SSSR count). The molecule has 0 aromatic heterocycles. The summed E-state index contributed by atoms with van der Waals surface area (Å²) in [6, 6.07) is 44.7. The predicted octanol–water partition coefficient (Wildman–Crippen LogP) is 12.2. The largest absolute Gasteiger partial charge is 0.692 e. The Morgan fingerprint density at radius 2 is 1.04 bits per heavy atom. The van der Waals surface area contributed by atoms with Gasteiger partial charge in [-0.05, 0) is 137 Å². The molecule has 0 amide bonds. The third kappa shape index (κ3) is 7.84. The van der Waals surface area contributed by atoms with Crippen LogP contribution < -0.4 is 0 Å². The number of halogens is 2. The van der Waals surface area contributed by atoms with Crippen LogP contribution in [0.4, 0.5) is 8.63 Å². The second kappa shape index (κ2) is 14.8. The minimum Gasteiger partial charge on any atom is -0.277 e. The highest BCUT2D eigenvalue weighted by Crippen LogP contribution is 2.39. The summed E-state index contributed by atoms with van der Waals surface area (Å²) in [5.74, 6) is 0. The predicted molar refractivity (Wildman–Crippen MR) is 206 cm³/mol. The van der Waals surface area contributed by atoms with Crippen LogP contribution in [0.3, 0.4) is 0 Å². The SMILES string of the molecule is CC1=CC(C)=NC1/C(=C(C)/C(C)=C\C(C)=NB(F)F)c1cc(-c2ccc(-c3ccccc3)cc2)cc(-c2ccc(-c3ccccc3)cc2)c1. The van der Waals surface area contributed by atoms with Crippen molar-refractivity contribution < 1.29 is 8.63 Å². The summed E-state index contributed by atoms with van der Waals surface area (Å²) < 4.78 is 26.2. The normalized spacial score (nSPS) is 15.4. The van der Waals surface area contributed by atoms with Gasteiger partial charge in [-0.2, -0.15) is 0 Å². The summed E-state index contributed by atoms with van der Waals surface area (Å²) in [6.45, 7) is 9.75. The average molecular weight is 645 g/mol. The van der Waals surface area contributed by atoms with E-state index < -0.39 is 7.40 Å². The number of hydrogen-bond donors (Lipinski definition) is 0. The van der Waals surface area contributed by atoms with Crippen molar-refractivity contribution in [1.29, 1.82) is 0 Å². The lowest BCUT2D eigenvalue weighted by atomic mass is 9.85. The average Bonchev–Trinajstić information content (AvgIpc) is 3.45. The Labute approximate surface area is 289 Å². The van der Waals surface area contributed by atoms with Crippen LogP contribution in [0, 0.1) is 0 Å². The number of benzene rings is 5. The van der Waals surface area contributed by atoms with E-state index in [9.17, 15) is 8.63 Å². The van der Waals surface area contributed by atoms with E-state index in [1.54, 1.807) is 13.0 Å². The smallest absolute Gasteiger partial charge is 0.277 e. The highest BCUT2D eigenvalue weighted by Gasteiger charge is 2.25. The summed E-state index contributed by atoms with van der Waals surface area (Å²) in [5.41, 5.74) is 15.4. The van der Waals surface area contributed by atoms with Crippen LogP contribution in [0.5, 0.6) is 0 Å². The molecule has 242 valence electrons. The van der Waals surface area contributed by atoms with Gasteiger partial charge in [0.15, 0.2) is 0 Å². The summed E-state index contributed by atoms with van der Waals surface area (Å²) in [7, 11) is -2.75. The molecule has 5 aromatic rings. The Morgan fingerprint density at radius 1 is 0.612 bits per heavy atom. The standard InChI is InChI=1S/C44H39BF2N2/c1-29(24-32(4)49-45(46)47)33(5)43(44-30(2)25-31(3)48-44)42-27-40(38-20-16-36(17-21-38)34-12-8-6-9-13-34)26-41(28-42)39-22-18-37(19-23-39)35-14-10-7-11-15-35/h6-28,44H,1-5H3/b29-24-,43-33+,49-32?. The Kier molecular flexibility index (Phi) is 10.1. The lowest BCUT2D eigenvalue weighted by Crippen LogP contribution is -2.10. The fourth-order valence-corrected chi connectivity index (χ4v) is 6.54. The number of aliphatic imine (C=N–C) groups is 1. The molecule has 49 heavy (non-hydrogen) atoms. The van der Waals surface area contributed by atoms with Gasteiger partial charge in [-0.1, -0.05) is 109 Å². The first kappa shape index (κ1) is 33.5. The van der Waals surface area contributed by atoms with Crippen LogP contribution in [0.25, 0.3) is 50.1 Å². The van der Waals surface area contributed by atoms with Gasteiger partial charge in [0.1, 0.15) is 0 Å². The molecule has 2 nitrogen and oxygen atoms in total. The van der Waals surface area contributed by atoms with Crippen molar-refractivity contribution in [3.05, 3.63) is 162 Å². The second-order valence-electron chi connectivity index (χ2n) is 12.7. The fraction of sp³-hybridized carbons (Fsp3) is 0.136. The van der Waals surface area contributed by atoms with Gasteiger partial charge < -0.3 is 0 Å². The van der Waals surface area contributed by atoms with Gasteiger partial charge in [0.25, 0.3) is 0 Å². The van der Waals surface area contributed by atoms with Gasteiger partial charge in [0.05, 0.1) is 6.04 Å². The molecular weight excluding hydrogens is 605 g/mol. The number of nitrogens with zero attached hydrogens (tertiary/aromatic N) is 2. The number of allylic oxidation sites excluding steroid dienone is 4. The fourth-order valence-electron chi connectivity index (χ4n) is 6.54. The third-order valence-corrected chi connectivity index (χ3v) is 9.09. The van der Waals surface area contributed by atoms with Crippen molar-refractivity contribution in [2.45, 2.75) is 40.7 Å². The zero-order valence-electron chi connectivity index (χ0n) is 28.6. The second-order valence-corrected chi connectivity index (χ2v) is 12.7. The first-order valence-electron chi connectivity index (χ1n) is 16.6. The summed E-state index contributed by atoms with van der Waals surface area (Å²) >= 11 is 0. The summed E-state index contributed by atoms with van der Waals surface area (Å²) in [6.07, 6.45) is 3.86. The van der Waals surface area contributed by atoms with Crippen LogP contribution in [0.1, 0.15) is 40.2 Å². The van der Waals surface area contributed by atoms with Gasteiger partial charge in [-0.15, -0.1) is 0 Å². The van der Waals surface area contributed by atoms with E-state index >= 15 is 0 Å². The van der Waals surface area contributed by atoms with E-state index in [0.717, 1.165) is 66.9 Å². The molecule has 0 bridgehead atoms. The zero-order valence-corrected chi connectivity index (χ0v) is 28.6. The molecule has 1 aliphatic heterocycles. The molecule has 1 aliphatic rings. The molecule has 0 saturated carbocycles. The third-order valence-electron chi connectivity index (χ3n) is 9.09. The maximum Gasteiger partial charge on any atom is 0.692 e. The Morgan fingerprint density at radius 3 is 1.45 bits per heavy atom. The van der Waals surface area contributed by atoms with Crippen LogP contribution in [-0.4, -0.2) is 24.9 Å². The summed E-state index contributed by atoms with van der Waals surface area (Å²) in [4.78, 5) is 8.53. The molecule has 0 aliphatic carbocycles. The van der Waals surface area contributed by atoms with Crippen LogP contribution in [0.2, 0.25) is 0 Å². The van der Waals surface area contributed by atoms with Crippen molar-refractivity contribution in [3.63, 3.8) is 0 Å². The molecule has 5 heteroatoms. The van der Waals surface area contributed by atoms with Gasteiger partial charge in [0.2, 0.25) is 0 Å². The molecule has 1 atom stereocenters. The summed E-state index contributed by atoms with van der Waals surface area (Å²) in [5, 5.41) is 0. The quantitative estimate of drug-likeness (QED) is 0.0867. The Bertz CT molecular complexity index is 2010. The molecule has 0 saturated heterocycles. The molecule has 1 unspecified atom stereocenters. The van der Waals surface area contributed by atoms with Gasteiger partial charge >= 0.3 is 7.40 Å². The topological polar surface area (TPSA) is 24.7 Å². The van der Waals surface area contributed by atoms with Crippen molar-refractivity contribution >= 4 is 24.4 Å². The van der Waals surface area contributed by atoms with Crippen LogP contribution in [0.15, 0.2) is 166 Å². The molecule has 0 radical (unpaired) electrons. The van der Waals surface area contributed by atoms with Crippen molar-refractivity contribution in [2.24, 2.45) is 9.90 Å². The lowest BCUT2D eigenvalue weighted by molar-refractivity contribution is 0.662. The van der Waals surface area contributed by atoms with Gasteiger partial charge in [0, 0.05) is 11.4 Å². The maximum atomic E-state index is 13.1. The van der Waals surface area contributed by atoms with E-state index in [1.807, 2.05) is 26.0 Å². The highest BCUT2D eigenvalue weighted by molar-refractivity contribution is 6.43. The molecule has 1 heterocycles. The first-order chi connectivity index (χ1) is 23.7.